The van der Waals surface area contributed by atoms with Gasteiger partial charge in [0, 0.05) is 19.6 Å². The fourth-order valence-electron chi connectivity index (χ4n) is 2.35. The molecule has 0 radical (unpaired) electrons. The van der Waals surface area contributed by atoms with Crippen molar-refractivity contribution in [3.8, 4) is 0 Å². The van der Waals surface area contributed by atoms with Crippen molar-refractivity contribution in [3.63, 3.8) is 0 Å². The van der Waals surface area contributed by atoms with Gasteiger partial charge in [0.05, 0.1) is 0 Å². The van der Waals surface area contributed by atoms with Crippen LogP contribution in [0.15, 0.2) is 12.1 Å². The SMILES string of the molecule is CCNc1ccc(C(=O)N(CC2CC2)CC2CC2)nn1. The van der Waals surface area contributed by atoms with Gasteiger partial charge in [-0.3, -0.25) is 4.79 Å². The number of anilines is 1. The van der Waals surface area contributed by atoms with Crippen LogP contribution in [0.4, 0.5) is 5.82 Å². The summed E-state index contributed by atoms with van der Waals surface area (Å²) in [5, 5.41) is 11.2. The molecule has 2 saturated carbocycles. The Morgan fingerprint density at radius 3 is 2.30 bits per heavy atom. The molecule has 108 valence electrons. The Kier molecular flexibility index (Phi) is 3.85. The van der Waals surface area contributed by atoms with Crippen LogP contribution in [0, 0.1) is 11.8 Å². The van der Waals surface area contributed by atoms with Gasteiger partial charge in [0.15, 0.2) is 5.69 Å². The van der Waals surface area contributed by atoms with E-state index in [9.17, 15) is 4.79 Å². The minimum absolute atomic E-state index is 0.0411. The standard InChI is InChI=1S/C15H22N4O/c1-2-16-14-8-7-13(17-18-14)15(20)19(9-11-3-4-11)10-12-5-6-12/h7-8,11-12H,2-6,9-10H2,1H3,(H,16,18). The van der Waals surface area contributed by atoms with Crippen LogP contribution >= 0.6 is 0 Å². The first kappa shape index (κ1) is 13.3. The monoisotopic (exact) mass is 274 g/mol. The second-order valence-electron chi connectivity index (χ2n) is 5.93. The summed E-state index contributed by atoms with van der Waals surface area (Å²) in [5.74, 6) is 2.19. The third-order valence-corrected chi connectivity index (χ3v) is 3.88. The van der Waals surface area contributed by atoms with Crippen LogP contribution in [-0.4, -0.2) is 40.6 Å². The number of amides is 1. The van der Waals surface area contributed by atoms with Crippen molar-refractivity contribution in [1.82, 2.24) is 15.1 Å². The van der Waals surface area contributed by atoms with Crippen molar-refractivity contribution in [2.75, 3.05) is 25.0 Å². The maximum atomic E-state index is 12.5. The Hall–Kier alpha value is -1.65. The average Bonchev–Trinajstić information content (AvgIpc) is 3.34. The zero-order chi connectivity index (χ0) is 13.9. The second kappa shape index (κ2) is 5.77. The molecular formula is C15H22N4O. The number of nitrogens with one attached hydrogen (secondary N) is 1. The second-order valence-corrected chi connectivity index (χ2v) is 5.93. The summed E-state index contributed by atoms with van der Waals surface area (Å²) < 4.78 is 0. The van der Waals surface area contributed by atoms with Crippen LogP contribution in [-0.2, 0) is 0 Å². The first-order valence-electron chi connectivity index (χ1n) is 7.63. The Morgan fingerprint density at radius 1 is 1.20 bits per heavy atom. The lowest BCUT2D eigenvalue weighted by Gasteiger charge is -2.22. The third-order valence-electron chi connectivity index (χ3n) is 3.88. The lowest BCUT2D eigenvalue weighted by molar-refractivity contribution is 0.0732. The molecule has 0 spiro atoms. The number of hydrogen-bond donors (Lipinski definition) is 1. The number of hydrogen-bond acceptors (Lipinski definition) is 4. The van der Waals surface area contributed by atoms with E-state index in [2.05, 4.69) is 15.5 Å². The summed E-state index contributed by atoms with van der Waals surface area (Å²) >= 11 is 0. The summed E-state index contributed by atoms with van der Waals surface area (Å²) in [6.07, 6.45) is 5.05. The summed E-state index contributed by atoms with van der Waals surface area (Å²) in [6, 6.07) is 3.61. The molecule has 0 unspecified atom stereocenters. The van der Waals surface area contributed by atoms with Crippen molar-refractivity contribution in [2.24, 2.45) is 11.8 Å². The molecule has 1 amide bonds. The average molecular weight is 274 g/mol. The van der Waals surface area contributed by atoms with E-state index in [4.69, 9.17) is 0 Å². The molecule has 5 nitrogen and oxygen atoms in total. The smallest absolute Gasteiger partial charge is 0.274 e. The molecule has 1 N–H and O–H groups in total. The van der Waals surface area contributed by atoms with E-state index in [0.717, 1.165) is 25.5 Å². The van der Waals surface area contributed by atoms with Crippen molar-refractivity contribution in [1.29, 1.82) is 0 Å². The molecule has 5 heteroatoms. The fraction of sp³-hybridized carbons (Fsp3) is 0.667. The highest BCUT2D eigenvalue weighted by atomic mass is 16.2. The van der Waals surface area contributed by atoms with Crippen LogP contribution in [0.5, 0.6) is 0 Å². The van der Waals surface area contributed by atoms with E-state index in [-0.39, 0.29) is 5.91 Å². The Balaban J connectivity index is 1.66. The van der Waals surface area contributed by atoms with Gasteiger partial charge in [-0.1, -0.05) is 0 Å². The summed E-state index contributed by atoms with van der Waals surface area (Å²) in [7, 11) is 0. The molecule has 0 aliphatic heterocycles. The lowest BCUT2D eigenvalue weighted by Crippen LogP contribution is -2.35. The zero-order valence-corrected chi connectivity index (χ0v) is 12.0. The van der Waals surface area contributed by atoms with Crippen LogP contribution in [0.25, 0.3) is 0 Å². The Labute approximate surface area is 119 Å². The van der Waals surface area contributed by atoms with Crippen molar-refractivity contribution in [3.05, 3.63) is 17.8 Å². The largest absolute Gasteiger partial charge is 0.369 e. The van der Waals surface area contributed by atoms with E-state index in [1.54, 1.807) is 6.07 Å². The molecule has 2 aliphatic rings. The molecule has 1 aromatic heterocycles. The highest BCUT2D eigenvalue weighted by molar-refractivity contribution is 5.92. The molecule has 0 atom stereocenters. The molecule has 2 aliphatic carbocycles. The maximum Gasteiger partial charge on any atom is 0.274 e. The summed E-state index contributed by atoms with van der Waals surface area (Å²) in [5.41, 5.74) is 0.466. The number of rotatable bonds is 7. The van der Waals surface area contributed by atoms with Gasteiger partial charge >= 0.3 is 0 Å². The van der Waals surface area contributed by atoms with Gasteiger partial charge in [-0.25, -0.2) is 0 Å². The molecule has 0 bridgehead atoms. The molecule has 0 aromatic carbocycles. The minimum atomic E-state index is 0.0411. The van der Waals surface area contributed by atoms with Gasteiger partial charge in [0.1, 0.15) is 5.82 Å². The van der Waals surface area contributed by atoms with Gasteiger partial charge in [0.25, 0.3) is 5.91 Å². The first-order valence-corrected chi connectivity index (χ1v) is 7.63. The van der Waals surface area contributed by atoms with Gasteiger partial charge < -0.3 is 10.2 Å². The van der Waals surface area contributed by atoms with Crippen LogP contribution < -0.4 is 5.32 Å². The number of aromatic nitrogens is 2. The first-order chi connectivity index (χ1) is 9.76. The molecule has 1 heterocycles. The Morgan fingerprint density at radius 2 is 1.85 bits per heavy atom. The molecule has 20 heavy (non-hydrogen) atoms. The van der Waals surface area contributed by atoms with Crippen molar-refractivity contribution in [2.45, 2.75) is 32.6 Å². The fourth-order valence-corrected chi connectivity index (χ4v) is 2.35. The molecule has 2 fully saturated rings. The normalized spacial score (nSPS) is 17.9. The summed E-state index contributed by atoms with van der Waals surface area (Å²) in [4.78, 5) is 14.5. The number of carbonyl (C=O) groups excluding carboxylic acids is 1. The predicted molar refractivity (Wildman–Crippen MR) is 77.5 cm³/mol. The van der Waals surface area contributed by atoms with E-state index in [1.807, 2.05) is 17.9 Å². The highest BCUT2D eigenvalue weighted by Crippen LogP contribution is 2.34. The van der Waals surface area contributed by atoms with E-state index in [1.165, 1.54) is 25.7 Å². The van der Waals surface area contributed by atoms with Gasteiger partial charge in [-0.2, -0.15) is 0 Å². The van der Waals surface area contributed by atoms with E-state index in [0.29, 0.717) is 17.5 Å². The highest BCUT2D eigenvalue weighted by Gasteiger charge is 2.32. The molecule has 0 saturated heterocycles. The van der Waals surface area contributed by atoms with Crippen molar-refractivity contribution < 1.29 is 4.79 Å². The number of carbonyl (C=O) groups is 1. The molecular weight excluding hydrogens is 252 g/mol. The topological polar surface area (TPSA) is 58.1 Å². The maximum absolute atomic E-state index is 12.5. The van der Waals surface area contributed by atoms with Crippen molar-refractivity contribution >= 4 is 11.7 Å². The Bertz CT molecular complexity index is 451. The van der Waals surface area contributed by atoms with Gasteiger partial charge in [0.2, 0.25) is 0 Å². The van der Waals surface area contributed by atoms with Crippen LogP contribution in [0.3, 0.4) is 0 Å². The lowest BCUT2D eigenvalue weighted by atomic mass is 10.2. The minimum Gasteiger partial charge on any atom is -0.369 e. The van der Waals surface area contributed by atoms with Gasteiger partial charge in [-0.15, -0.1) is 10.2 Å². The van der Waals surface area contributed by atoms with Crippen LogP contribution in [0.2, 0.25) is 0 Å². The van der Waals surface area contributed by atoms with Gasteiger partial charge in [-0.05, 0) is 56.6 Å². The quantitative estimate of drug-likeness (QED) is 0.828. The molecule has 1 aromatic rings. The summed E-state index contributed by atoms with van der Waals surface area (Å²) in [6.45, 7) is 4.60. The third kappa shape index (κ3) is 3.46. The zero-order valence-electron chi connectivity index (χ0n) is 12.0. The van der Waals surface area contributed by atoms with E-state index < -0.39 is 0 Å². The van der Waals surface area contributed by atoms with Crippen LogP contribution in [0.1, 0.15) is 43.1 Å². The van der Waals surface area contributed by atoms with E-state index >= 15 is 0 Å². The number of nitrogens with zero attached hydrogens (tertiary/aromatic N) is 3. The molecule has 3 rings (SSSR count). The predicted octanol–water partition coefficient (Wildman–Crippen LogP) is 2.17.